The number of amides is 3. The summed E-state index contributed by atoms with van der Waals surface area (Å²) in [6.07, 6.45) is 2.20. The summed E-state index contributed by atoms with van der Waals surface area (Å²) in [5, 5.41) is 3.47. The number of rotatable bonds is 10. The summed E-state index contributed by atoms with van der Waals surface area (Å²) in [4.78, 5) is 50.1. The molecule has 1 aromatic heterocycles. The van der Waals surface area contributed by atoms with E-state index in [0.717, 1.165) is 26.9 Å². The van der Waals surface area contributed by atoms with Gasteiger partial charge in [-0.15, -0.1) is 17.9 Å². The number of fused-ring (bicyclic) bond motifs is 2. The van der Waals surface area contributed by atoms with Crippen molar-refractivity contribution in [2.75, 3.05) is 26.7 Å². The standard InChI is InChI=1S/C34H35N5O4S/c1-3-18-37-22-32(41)38-28(19-25-12-15-27(43-2)16-13-25)34(42)36(20-26-10-7-11-29-33(26)35-23-44-29)21-30(38)39(37)31(40)17-14-24-8-5-4-6-9-24/h3-13,15-16,23,28,30H,1,14,17-22H2,2H3/t28-,30-/m0/s1. The Balaban J connectivity index is 1.36. The molecule has 2 atom stereocenters. The Kier molecular flexibility index (Phi) is 8.72. The van der Waals surface area contributed by atoms with Crippen LogP contribution < -0.4 is 4.74 Å². The molecule has 2 aliphatic heterocycles. The van der Waals surface area contributed by atoms with Crippen LogP contribution in [0, 0.1) is 0 Å². The Morgan fingerprint density at radius 1 is 1.05 bits per heavy atom. The number of hydrazine groups is 1. The molecule has 3 aromatic carbocycles. The number of aryl methyl sites for hydroxylation is 1. The molecule has 0 N–H and O–H groups in total. The van der Waals surface area contributed by atoms with E-state index in [1.807, 2.05) is 72.8 Å². The number of ether oxygens (including phenoxy) is 1. The smallest absolute Gasteiger partial charge is 0.246 e. The summed E-state index contributed by atoms with van der Waals surface area (Å²) in [6, 6.07) is 22.6. The minimum Gasteiger partial charge on any atom is -0.497 e. The van der Waals surface area contributed by atoms with Crippen LogP contribution in [0.1, 0.15) is 23.1 Å². The van der Waals surface area contributed by atoms with Crippen LogP contribution in [0.25, 0.3) is 10.2 Å². The van der Waals surface area contributed by atoms with Gasteiger partial charge in [-0.1, -0.05) is 60.7 Å². The molecule has 4 aromatic rings. The Labute approximate surface area is 260 Å². The van der Waals surface area contributed by atoms with Crippen LogP contribution in [0.3, 0.4) is 0 Å². The Hall–Kier alpha value is -4.54. The molecule has 44 heavy (non-hydrogen) atoms. The van der Waals surface area contributed by atoms with Crippen molar-refractivity contribution in [2.24, 2.45) is 0 Å². The lowest BCUT2D eigenvalue weighted by Gasteiger charge is -2.55. The summed E-state index contributed by atoms with van der Waals surface area (Å²) in [7, 11) is 1.61. The van der Waals surface area contributed by atoms with Gasteiger partial charge in [0.2, 0.25) is 17.7 Å². The number of piperazine rings is 1. The quantitative estimate of drug-likeness (QED) is 0.250. The predicted molar refractivity (Wildman–Crippen MR) is 170 cm³/mol. The molecule has 0 aliphatic carbocycles. The van der Waals surface area contributed by atoms with E-state index in [1.54, 1.807) is 49.9 Å². The van der Waals surface area contributed by atoms with Crippen molar-refractivity contribution in [1.82, 2.24) is 24.8 Å². The molecule has 0 bridgehead atoms. The Morgan fingerprint density at radius 2 is 1.84 bits per heavy atom. The predicted octanol–water partition coefficient (Wildman–Crippen LogP) is 4.29. The maximum atomic E-state index is 14.3. The van der Waals surface area contributed by atoms with Gasteiger partial charge in [-0.25, -0.2) is 15.0 Å². The summed E-state index contributed by atoms with van der Waals surface area (Å²) < 4.78 is 6.37. The summed E-state index contributed by atoms with van der Waals surface area (Å²) in [6.45, 7) is 4.72. The van der Waals surface area contributed by atoms with Crippen LogP contribution in [0.15, 0.2) is 91.0 Å². The maximum absolute atomic E-state index is 14.3. The van der Waals surface area contributed by atoms with Crippen molar-refractivity contribution < 1.29 is 19.1 Å². The lowest BCUT2D eigenvalue weighted by molar-refractivity contribution is -0.205. The van der Waals surface area contributed by atoms with E-state index in [2.05, 4.69) is 11.6 Å². The summed E-state index contributed by atoms with van der Waals surface area (Å²) >= 11 is 1.56. The van der Waals surface area contributed by atoms with E-state index in [9.17, 15) is 14.4 Å². The van der Waals surface area contributed by atoms with Crippen molar-refractivity contribution in [2.45, 2.75) is 38.0 Å². The number of hydrogen-bond donors (Lipinski definition) is 0. The van der Waals surface area contributed by atoms with Gasteiger partial charge >= 0.3 is 0 Å². The molecule has 2 aliphatic rings. The number of nitrogens with zero attached hydrogens (tertiary/aromatic N) is 5. The second kappa shape index (κ2) is 13.0. The van der Waals surface area contributed by atoms with Crippen LogP contribution in [0.2, 0.25) is 0 Å². The van der Waals surface area contributed by atoms with Crippen LogP contribution in [0.5, 0.6) is 5.75 Å². The fourth-order valence-corrected chi connectivity index (χ4v) is 6.90. The highest BCUT2D eigenvalue weighted by Gasteiger charge is 2.51. The average Bonchev–Trinajstić information content (AvgIpc) is 3.53. The van der Waals surface area contributed by atoms with Crippen LogP contribution in [-0.4, -0.2) is 81.5 Å². The highest BCUT2D eigenvalue weighted by Crippen LogP contribution is 2.31. The monoisotopic (exact) mass is 609 g/mol. The lowest BCUT2D eigenvalue weighted by Crippen LogP contribution is -2.75. The topological polar surface area (TPSA) is 86.3 Å². The molecular formula is C34H35N5O4S. The van der Waals surface area contributed by atoms with Gasteiger partial charge in [0.25, 0.3) is 0 Å². The van der Waals surface area contributed by atoms with Crippen LogP contribution >= 0.6 is 11.3 Å². The fourth-order valence-electron chi connectivity index (χ4n) is 6.18. The van der Waals surface area contributed by atoms with Crippen molar-refractivity contribution >= 4 is 39.3 Å². The molecule has 2 fully saturated rings. The number of carbonyl (C=O) groups excluding carboxylic acids is 3. The van der Waals surface area contributed by atoms with Crippen LogP contribution in [0.4, 0.5) is 0 Å². The second-order valence-corrected chi connectivity index (χ2v) is 11.9. The third-order valence-electron chi connectivity index (χ3n) is 8.29. The number of hydrogen-bond acceptors (Lipinski definition) is 7. The van der Waals surface area contributed by atoms with Gasteiger partial charge < -0.3 is 14.5 Å². The molecule has 3 heterocycles. The molecule has 3 amide bonds. The second-order valence-electron chi connectivity index (χ2n) is 11.0. The SMILES string of the molecule is C=CCN1CC(=O)N2[C@@H](Cc3ccc(OC)cc3)C(=O)N(Cc3cccc4scnc34)C[C@@H]2N1C(=O)CCc1ccccc1. The molecule has 0 saturated carbocycles. The zero-order chi connectivity index (χ0) is 30.6. The van der Waals surface area contributed by atoms with E-state index in [-0.39, 0.29) is 37.2 Å². The van der Waals surface area contributed by atoms with Crippen molar-refractivity contribution in [1.29, 1.82) is 0 Å². The Morgan fingerprint density at radius 3 is 2.59 bits per heavy atom. The van der Waals surface area contributed by atoms with E-state index >= 15 is 0 Å². The van der Waals surface area contributed by atoms with Gasteiger partial charge in [0.15, 0.2) is 0 Å². The zero-order valence-electron chi connectivity index (χ0n) is 24.7. The minimum absolute atomic E-state index is 0.00980. The number of carbonyl (C=O) groups is 3. The number of aromatic nitrogens is 1. The first-order valence-electron chi connectivity index (χ1n) is 14.7. The first-order valence-corrected chi connectivity index (χ1v) is 15.6. The number of thiazole rings is 1. The van der Waals surface area contributed by atoms with Gasteiger partial charge in [-0.2, -0.15) is 0 Å². The van der Waals surface area contributed by atoms with Crippen molar-refractivity contribution in [3.63, 3.8) is 0 Å². The van der Waals surface area contributed by atoms with Gasteiger partial charge in [0, 0.05) is 25.9 Å². The molecule has 0 unspecified atom stereocenters. The van der Waals surface area contributed by atoms with E-state index in [1.165, 1.54) is 0 Å². The first-order chi connectivity index (χ1) is 21.5. The summed E-state index contributed by atoms with van der Waals surface area (Å²) in [5.41, 5.74) is 5.56. The average molecular weight is 610 g/mol. The molecule has 6 rings (SSSR count). The van der Waals surface area contributed by atoms with E-state index in [4.69, 9.17) is 4.74 Å². The number of para-hydroxylation sites is 1. The van der Waals surface area contributed by atoms with E-state index in [0.29, 0.717) is 31.7 Å². The zero-order valence-corrected chi connectivity index (χ0v) is 25.5. The minimum atomic E-state index is -0.778. The van der Waals surface area contributed by atoms with Gasteiger partial charge in [0.05, 0.1) is 35.9 Å². The third-order valence-corrected chi connectivity index (χ3v) is 9.08. The van der Waals surface area contributed by atoms with E-state index < -0.39 is 12.2 Å². The van der Waals surface area contributed by atoms with Crippen molar-refractivity contribution in [3.05, 3.63) is 108 Å². The molecule has 0 spiro atoms. The van der Waals surface area contributed by atoms with Gasteiger partial charge in [-0.3, -0.25) is 14.4 Å². The highest BCUT2D eigenvalue weighted by atomic mass is 32.1. The normalized spacial score (nSPS) is 18.9. The number of methoxy groups -OCH3 is 1. The molecule has 10 heteroatoms. The van der Waals surface area contributed by atoms with Crippen LogP contribution in [-0.2, 0) is 33.8 Å². The highest BCUT2D eigenvalue weighted by molar-refractivity contribution is 7.16. The van der Waals surface area contributed by atoms with Gasteiger partial charge in [-0.05, 0) is 41.3 Å². The lowest BCUT2D eigenvalue weighted by atomic mass is 9.98. The number of benzene rings is 3. The molecule has 9 nitrogen and oxygen atoms in total. The first kappa shape index (κ1) is 29.5. The molecular weight excluding hydrogens is 574 g/mol. The molecule has 2 saturated heterocycles. The Bertz CT molecular complexity index is 1660. The molecule has 226 valence electrons. The largest absolute Gasteiger partial charge is 0.497 e. The van der Waals surface area contributed by atoms with Gasteiger partial charge in [0.1, 0.15) is 18.0 Å². The fraction of sp³-hybridized carbons (Fsp3) is 0.294. The summed E-state index contributed by atoms with van der Waals surface area (Å²) in [5.74, 6) is 0.282. The van der Waals surface area contributed by atoms with Crippen molar-refractivity contribution in [3.8, 4) is 5.75 Å². The maximum Gasteiger partial charge on any atom is 0.246 e. The molecule has 0 radical (unpaired) electrons. The third kappa shape index (κ3) is 5.95.